The van der Waals surface area contributed by atoms with E-state index in [2.05, 4.69) is 56.0 Å². The van der Waals surface area contributed by atoms with Crippen molar-refractivity contribution >= 4 is 0 Å². The van der Waals surface area contributed by atoms with Crippen molar-refractivity contribution in [2.75, 3.05) is 26.9 Å². The average Bonchev–Trinajstić information content (AvgIpc) is 3.13. The van der Waals surface area contributed by atoms with Gasteiger partial charge >= 0.3 is 0 Å². The molecule has 1 aliphatic rings. The first-order valence-electron chi connectivity index (χ1n) is 17.0. The Labute approximate surface area is 286 Å². The number of hydrogen-bond donors (Lipinski definition) is 1. The largest absolute Gasteiger partial charge is 0.394 e. The zero-order chi connectivity index (χ0) is 33.6. The van der Waals surface area contributed by atoms with E-state index in [4.69, 9.17) is 23.7 Å². The second-order valence-electron chi connectivity index (χ2n) is 12.6. The summed E-state index contributed by atoms with van der Waals surface area (Å²) in [6.45, 7) is 7.77. The molecule has 1 fully saturated rings. The van der Waals surface area contributed by atoms with Crippen molar-refractivity contribution in [3.05, 3.63) is 155 Å². The van der Waals surface area contributed by atoms with E-state index in [1.165, 1.54) is 22.3 Å². The summed E-state index contributed by atoms with van der Waals surface area (Å²) in [5, 5.41) is 10.6. The summed E-state index contributed by atoms with van der Waals surface area (Å²) in [6, 6.07) is 35.4. The summed E-state index contributed by atoms with van der Waals surface area (Å²) in [5.41, 5.74) is 7.99. The first kappa shape index (κ1) is 35.7. The minimum Gasteiger partial charge on any atom is -0.394 e. The molecule has 6 nitrogen and oxygen atoms in total. The number of methoxy groups -OCH3 is 1. The van der Waals surface area contributed by atoms with Crippen molar-refractivity contribution in [1.82, 2.24) is 0 Å². The molecule has 4 atom stereocenters. The van der Waals surface area contributed by atoms with Crippen molar-refractivity contribution in [2.24, 2.45) is 0 Å². The molecule has 0 aromatic heterocycles. The Balaban J connectivity index is 1.33. The van der Waals surface area contributed by atoms with Crippen molar-refractivity contribution in [1.29, 1.82) is 0 Å². The van der Waals surface area contributed by atoms with E-state index in [-0.39, 0.29) is 6.61 Å². The van der Waals surface area contributed by atoms with E-state index in [0.717, 1.165) is 49.0 Å². The van der Waals surface area contributed by atoms with Gasteiger partial charge in [0.15, 0.2) is 5.79 Å². The van der Waals surface area contributed by atoms with Gasteiger partial charge in [0.05, 0.1) is 32.5 Å². The molecule has 0 aliphatic carbocycles. The number of unbranched alkanes of at least 4 members (excludes halogenated alkanes) is 1. The molecular formula is C42H50O6. The molecule has 254 valence electrons. The smallest absolute Gasteiger partial charge is 0.197 e. The summed E-state index contributed by atoms with van der Waals surface area (Å²) in [7, 11) is 1.66. The molecule has 0 amide bonds. The molecule has 5 rings (SSSR count). The van der Waals surface area contributed by atoms with E-state index in [1.807, 2.05) is 60.7 Å². The molecule has 0 bridgehead atoms. The van der Waals surface area contributed by atoms with E-state index in [0.29, 0.717) is 26.2 Å². The highest BCUT2D eigenvalue weighted by Gasteiger charge is 2.50. The van der Waals surface area contributed by atoms with Crippen LogP contribution in [0.3, 0.4) is 0 Å². The van der Waals surface area contributed by atoms with Crippen LogP contribution in [0, 0.1) is 6.92 Å². The second kappa shape index (κ2) is 18.2. The van der Waals surface area contributed by atoms with Crippen LogP contribution in [0.4, 0.5) is 0 Å². The van der Waals surface area contributed by atoms with Crippen LogP contribution >= 0.6 is 0 Å². The molecule has 4 aromatic carbocycles. The zero-order valence-corrected chi connectivity index (χ0v) is 28.4. The van der Waals surface area contributed by atoms with Gasteiger partial charge in [-0.2, -0.15) is 0 Å². The lowest BCUT2D eigenvalue weighted by Crippen LogP contribution is -2.56. The van der Waals surface area contributed by atoms with Gasteiger partial charge in [0.1, 0.15) is 12.2 Å². The molecule has 1 heterocycles. The van der Waals surface area contributed by atoms with Crippen LogP contribution in [0.2, 0.25) is 0 Å². The van der Waals surface area contributed by atoms with Gasteiger partial charge in [-0.3, -0.25) is 0 Å². The number of ether oxygens (including phenoxy) is 5. The highest BCUT2D eigenvalue weighted by molar-refractivity contribution is 5.38. The van der Waals surface area contributed by atoms with E-state index >= 15 is 0 Å². The maximum absolute atomic E-state index is 10.6. The number of rotatable bonds is 18. The van der Waals surface area contributed by atoms with Gasteiger partial charge in [-0.25, -0.2) is 0 Å². The van der Waals surface area contributed by atoms with Gasteiger partial charge in [-0.05, 0) is 72.1 Å². The van der Waals surface area contributed by atoms with Crippen molar-refractivity contribution < 1.29 is 28.8 Å². The SMILES string of the molecule is C=CCOCCCCc1ccc(Cc2cc([C@@]3(OC)CC(OCc4ccccc4)[C@H](OCc4ccccc4)C(CO)O3)ccc2C)cc1. The molecular weight excluding hydrogens is 600 g/mol. The zero-order valence-electron chi connectivity index (χ0n) is 28.4. The Hall–Kier alpha value is -3.62. The van der Waals surface area contributed by atoms with Crippen LogP contribution < -0.4 is 0 Å². The maximum Gasteiger partial charge on any atom is 0.197 e. The van der Waals surface area contributed by atoms with Gasteiger partial charge < -0.3 is 28.8 Å². The Kier molecular flexibility index (Phi) is 13.5. The van der Waals surface area contributed by atoms with Crippen LogP contribution in [0.15, 0.2) is 116 Å². The van der Waals surface area contributed by atoms with E-state index in [1.54, 1.807) is 13.2 Å². The fourth-order valence-corrected chi connectivity index (χ4v) is 6.31. The minimum atomic E-state index is -1.12. The molecule has 48 heavy (non-hydrogen) atoms. The predicted octanol–water partition coefficient (Wildman–Crippen LogP) is 7.86. The maximum atomic E-state index is 10.6. The Morgan fingerprint density at radius 1 is 0.833 bits per heavy atom. The second-order valence-corrected chi connectivity index (χ2v) is 12.6. The van der Waals surface area contributed by atoms with Gasteiger partial charge in [0.25, 0.3) is 0 Å². The molecule has 1 N–H and O–H groups in total. The lowest BCUT2D eigenvalue weighted by atomic mass is 9.88. The van der Waals surface area contributed by atoms with Crippen LogP contribution in [0.25, 0.3) is 0 Å². The van der Waals surface area contributed by atoms with Crippen LogP contribution in [-0.2, 0) is 55.5 Å². The molecule has 2 unspecified atom stereocenters. The van der Waals surface area contributed by atoms with Gasteiger partial charge in [0, 0.05) is 25.7 Å². The quantitative estimate of drug-likeness (QED) is 0.0874. The normalized spacial score (nSPS) is 20.9. The molecule has 0 saturated carbocycles. The molecule has 6 heteroatoms. The number of aryl methyl sites for hydroxylation is 2. The molecule has 0 spiro atoms. The lowest BCUT2D eigenvalue weighted by Gasteiger charge is -2.47. The van der Waals surface area contributed by atoms with Crippen LogP contribution in [0.5, 0.6) is 0 Å². The third kappa shape index (κ3) is 9.73. The van der Waals surface area contributed by atoms with Crippen molar-refractivity contribution in [3.8, 4) is 0 Å². The standard InChI is InChI=1S/C42H50O6/c1-4-24-45-25-12-11-13-33-19-21-34(22-20-33)26-37-27-38(23-18-32(37)2)42(44-3)28-39(46-30-35-14-7-5-8-15-35)41(40(29-43)48-42)47-31-36-16-9-6-10-17-36/h4-10,14-23,27,39-41,43H,1,11-13,24-26,28-31H2,2-3H3/t39?,40?,41-,42+/m0/s1. The Morgan fingerprint density at radius 2 is 1.50 bits per heavy atom. The van der Waals surface area contributed by atoms with Crippen LogP contribution in [-0.4, -0.2) is 50.3 Å². The van der Waals surface area contributed by atoms with Crippen molar-refractivity contribution in [2.45, 2.75) is 76.3 Å². The predicted molar refractivity (Wildman–Crippen MR) is 190 cm³/mol. The Morgan fingerprint density at radius 3 is 2.15 bits per heavy atom. The monoisotopic (exact) mass is 650 g/mol. The number of hydrogen-bond acceptors (Lipinski definition) is 6. The average molecular weight is 651 g/mol. The lowest BCUT2D eigenvalue weighted by molar-refractivity contribution is -0.335. The summed E-state index contributed by atoms with van der Waals surface area (Å²) in [5.74, 6) is -1.12. The van der Waals surface area contributed by atoms with Gasteiger partial charge in [-0.15, -0.1) is 6.58 Å². The first-order chi connectivity index (χ1) is 23.5. The molecule has 4 aromatic rings. The number of aliphatic hydroxyl groups is 1. The molecule has 1 saturated heterocycles. The third-order valence-corrected chi connectivity index (χ3v) is 9.09. The van der Waals surface area contributed by atoms with Gasteiger partial charge in [0.2, 0.25) is 0 Å². The van der Waals surface area contributed by atoms with Crippen LogP contribution in [0.1, 0.15) is 58.2 Å². The number of benzene rings is 4. The molecule has 0 radical (unpaired) electrons. The topological polar surface area (TPSA) is 66.4 Å². The first-order valence-corrected chi connectivity index (χ1v) is 17.0. The summed E-state index contributed by atoms with van der Waals surface area (Å²) in [6.07, 6.45) is 4.60. The Bertz CT molecular complexity index is 1520. The fraction of sp³-hybridized carbons (Fsp3) is 0.381. The van der Waals surface area contributed by atoms with Crippen molar-refractivity contribution in [3.63, 3.8) is 0 Å². The fourth-order valence-electron chi connectivity index (χ4n) is 6.31. The summed E-state index contributed by atoms with van der Waals surface area (Å²) >= 11 is 0. The van der Waals surface area contributed by atoms with E-state index < -0.39 is 24.1 Å². The highest BCUT2D eigenvalue weighted by atomic mass is 16.7. The highest BCUT2D eigenvalue weighted by Crippen LogP contribution is 2.42. The van der Waals surface area contributed by atoms with Gasteiger partial charge in [-0.1, -0.05) is 103 Å². The number of aliphatic hydroxyl groups excluding tert-OH is 1. The third-order valence-electron chi connectivity index (χ3n) is 9.09. The summed E-state index contributed by atoms with van der Waals surface area (Å²) in [4.78, 5) is 0. The molecule has 1 aliphatic heterocycles. The minimum absolute atomic E-state index is 0.233. The summed E-state index contributed by atoms with van der Waals surface area (Å²) < 4.78 is 31.5. The van der Waals surface area contributed by atoms with E-state index in [9.17, 15) is 5.11 Å².